The Balaban J connectivity index is 1.90. The van der Waals surface area contributed by atoms with E-state index in [1.165, 1.54) is 12.1 Å². The minimum atomic E-state index is -1.25. The summed E-state index contributed by atoms with van der Waals surface area (Å²) in [5.41, 5.74) is 0.583. The lowest BCUT2D eigenvalue weighted by molar-refractivity contribution is 0.106. The van der Waals surface area contributed by atoms with E-state index in [0.29, 0.717) is 29.5 Å². The molecule has 0 nitrogen and oxygen atoms in total. The van der Waals surface area contributed by atoms with Crippen LogP contribution in [-0.4, -0.2) is 0 Å². The highest BCUT2D eigenvalue weighted by Gasteiger charge is 2.33. The standard InChI is InChI=1S/C18H17F3/c19-16-10-14(11-17(20)12-16)13-4-6-15(7-5-13)18(21)8-2-1-3-9-18/h4-7,10-12H,1-3,8-9H2. The van der Waals surface area contributed by atoms with E-state index < -0.39 is 17.3 Å². The molecule has 3 heteroatoms. The zero-order valence-corrected chi connectivity index (χ0v) is 11.7. The van der Waals surface area contributed by atoms with Gasteiger partial charge in [-0.3, -0.25) is 0 Å². The van der Waals surface area contributed by atoms with Crippen molar-refractivity contribution in [3.05, 3.63) is 59.7 Å². The third-order valence-corrected chi connectivity index (χ3v) is 4.24. The first kappa shape index (κ1) is 14.2. The molecule has 0 unspecified atom stereocenters. The van der Waals surface area contributed by atoms with Gasteiger partial charge in [-0.15, -0.1) is 0 Å². The van der Waals surface area contributed by atoms with Crippen LogP contribution in [0.5, 0.6) is 0 Å². The molecular formula is C18H17F3. The molecule has 0 aliphatic heterocycles. The van der Waals surface area contributed by atoms with Gasteiger partial charge >= 0.3 is 0 Å². The molecule has 0 bridgehead atoms. The molecule has 110 valence electrons. The molecule has 1 aliphatic rings. The molecule has 0 heterocycles. The van der Waals surface area contributed by atoms with Gasteiger partial charge in [0, 0.05) is 6.07 Å². The summed E-state index contributed by atoms with van der Waals surface area (Å²) in [6.45, 7) is 0. The average Bonchev–Trinajstić information content (AvgIpc) is 2.47. The van der Waals surface area contributed by atoms with Crippen molar-refractivity contribution in [1.82, 2.24) is 0 Å². The predicted octanol–water partition coefficient (Wildman–Crippen LogP) is 5.76. The van der Waals surface area contributed by atoms with Crippen molar-refractivity contribution in [3.63, 3.8) is 0 Å². The molecule has 1 fully saturated rings. The third-order valence-electron chi connectivity index (χ3n) is 4.24. The Morgan fingerprint density at radius 2 is 1.29 bits per heavy atom. The molecule has 21 heavy (non-hydrogen) atoms. The Morgan fingerprint density at radius 3 is 1.86 bits per heavy atom. The second kappa shape index (κ2) is 5.55. The van der Waals surface area contributed by atoms with E-state index in [4.69, 9.17) is 0 Å². The van der Waals surface area contributed by atoms with E-state index in [2.05, 4.69) is 0 Å². The van der Waals surface area contributed by atoms with Crippen molar-refractivity contribution >= 4 is 0 Å². The van der Waals surface area contributed by atoms with E-state index >= 15 is 0 Å². The predicted molar refractivity (Wildman–Crippen MR) is 77.7 cm³/mol. The maximum absolute atomic E-state index is 14.8. The normalized spacial score (nSPS) is 17.7. The van der Waals surface area contributed by atoms with Gasteiger partial charge in [0.1, 0.15) is 17.3 Å². The minimum Gasteiger partial charge on any atom is -0.239 e. The van der Waals surface area contributed by atoms with Crippen LogP contribution in [0.25, 0.3) is 11.1 Å². The summed E-state index contributed by atoms with van der Waals surface area (Å²) in [6.07, 6.45) is 4.02. The molecule has 0 saturated heterocycles. The van der Waals surface area contributed by atoms with E-state index in [0.717, 1.165) is 25.3 Å². The van der Waals surface area contributed by atoms with Gasteiger partial charge in [-0.25, -0.2) is 13.2 Å². The molecule has 1 saturated carbocycles. The Labute approximate surface area is 122 Å². The molecule has 0 spiro atoms. The van der Waals surface area contributed by atoms with E-state index in [9.17, 15) is 13.2 Å². The minimum absolute atomic E-state index is 0.468. The number of alkyl halides is 1. The van der Waals surface area contributed by atoms with Gasteiger partial charge in [0.2, 0.25) is 0 Å². The van der Waals surface area contributed by atoms with Crippen molar-refractivity contribution < 1.29 is 13.2 Å². The first-order valence-electron chi connectivity index (χ1n) is 7.33. The highest BCUT2D eigenvalue weighted by Crippen LogP contribution is 2.41. The second-order valence-electron chi connectivity index (χ2n) is 5.76. The maximum atomic E-state index is 14.8. The Kier molecular flexibility index (Phi) is 3.75. The van der Waals surface area contributed by atoms with E-state index in [1.54, 1.807) is 24.3 Å². The monoisotopic (exact) mass is 290 g/mol. The van der Waals surface area contributed by atoms with Gasteiger partial charge < -0.3 is 0 Å². The Hall–Kier alpha value is -1.77. The largest absolute Gasteiger partial charge is 0.239 e. The van der Waals surface area contributed by atoms with Crippen molar-refractivity contribution in [3.8, 4) is 11.1 Å². The van der Waals surface area contributed by atoms with Crippen molar-refractivity contribution in [2.45, 2.75) is 37.8 Å². The molecule has 0 aromatic heterocycles. The van der Waals surface area contributed by atoms with Gasteiger partial charge in [0.25, 0.3) is 0 Å². The van der Waals surface area contributed by atoms with Crippen molar-refractivity contribution in [2.75, 3.05) is 0 Å². The summed E-state index contributed by atoms with van der Waals surface area (Å²) in [5.74, 6) is -1.22. The van der Waals surface area contributed by atoms with Gasteiger partial charge in [0.15, 0.2) is 0 Å². The lowest BCUT2D eigenvalue weighted by Gasteiger charge is -2.30. The fourth-order valence-electron chi connectivity index (χ4n) is 3.08. The van der Waals surface area contributed by atoms with Crippen molar-refractivity contribution in [1.29, 1.82) is 0 Å². The SMILES string of the molecule is Fc1cc(F)cc(-c2ccc(C3(F)CCCCC3)cc2)c1. The smallest absolute Gasteiger partial charge is 0.136 e. The quantitative estimate of drug-likeness (QED) is 0.659. The summed E-state index contributed by atoms with van der Waals surface area (Å²) >= 11 is 0. The van der Waals surface area contributed by atoms with Crippen LogP contribution in [0.15, 0.2) is 42.5 Å². The molecule has 2 aromatic carbocycles. The molecule has 0 radical (unpaired) electrons. The van der Waals surface area contributed by atoms with Crippen LogP contribution in [0.3, 0.4) is 0 Å². The van der Waals surface area contributed by atoms with Crippen LogP contribution in [0.2, 0.25) is 0 Å². The lowest BCUT2D eigenvalue weighted by Crippen LogP contribution is -2.23. The van der Waals surface area contributed by atoms with Crippen LogP contribution < -0.4 is 0 Å². The summed E-state index contributed by atoms with van der Waals surface area (Å²) < 4.78 is 41.3. The summed E-state index contributed by atoms with van der Waals surface area (Å²) in [7, 11) is 0. The maximum Gasteiger partial charge on any atom is 0.136 e. The van der Waals surface area contributed by atoms with Gasteiger partial charge in [-0.1, -0.05) is 30.7 Å². The number of hydrogen-bond acceptors (Lipinski definition) is 0. The number of rotatable bonds is 2. The first-order chi connectivity index (χ1) is 10.1. The first-order valence-corrected chi connectivity index (χ1v) is 7.33. The molecule has 1 aliphatic carbocycles. The van der Waals surface area contributed by atoms with Crippen LogP contribution in [0.4, 0.5) is 13.2 Å². The Bertz CT molecular complexity index is 605. The van der Waals surface area contributed by atoms with Crippen LogP contribution >= 0.6 is 0 Å². The lowest BCUT2D eigenvalue weighted by atomic mass is 9.81. The Morgan fingerprint density at radius 1 is 0.714 bits per heavy atom. The average molecular weight is 290 g/mol. The van der Waals surface area contributed by atoms with Gasteiger partial charge in [0.05, 0.1) is 0 Å². The summed E-state index contributed by atoms with van der Waals surface area (Å²) in [4.78, 5) is 0. The van der Waals surface area contributed by atoms with E-state index in [1.807, 2.05) is 0 Å². The third kappa shape index (κ3) is 2.97. The van der Waals surface area contributed by atoms with E-state index in [-0.39, 0.29) is 0 Å². The number of benzene rings is 2. The number of halogens is 3. The topological polar surface area (TPSA) is 0 Å². The van der Waals surface area contributed by atoms with Crippen LogP contribution in [0, 0.1) is 11.6 Å². The molecule has 0 atom stereocenters. The summed E-state index contributed by atoms with van der Waals surface area (Å²) in [5, 5.41) is 0. The van der Waals surface area contributed by atoms with Gasteiger partial charge in [-0.05, 0) is 54.5 Å². The zero-order valence-electron chi connectivity index (χ0n) is 11.7. The highest BCUT2D eigenvalue weighted by molar-refractivity contribution is 5.64. The van der Waals surface area contributed by atoms with Gasteiger partial charge in [-0.2, -0.15) is 0 Å². The second-order valence-corrected chi connectivity index (χ2v) is 5.76. The zero-order chi connectivity index (χ0) is 14.9. The van der Waals surface area contributed by atoms with Crippen LogP contribution in [0.1, 0.15) is 37.7 Å². The summed E-state index contributed by atoms with van der Waals surface area (Å²) in [6, 6.07) is 10.4. The molecule has 2 aromatic rings. The molecule has 3 rings (SSSR count). The molecule has 0 N–H and O–H groups in total. The van der Waals surface area contributed by atoms with Crippen molar-refractivity contribution in [2.24, 2.45) is 0 Å². The van der Waals surface area contributed by atoms with Crippen LogP contribution in [-0.2, 0) is 5.67 Å². The molecular weight excluding hydrogens is 273 g/mol. The fourth-order valence-corrected chi connectivity index (χ4v) is 3.08. The highest BCUT2D eigenvalue weighted by atomic mass is 19.1. The molecule has 0 amide bonds. The fraction of sp³-hybridized carbons (Fsp3) is 0.333. The number of hydrogen-bond donors (Lipinski definition) is 0.